The summed E-state index contributed by atoms with van der Waals surface area (Å²) in [7, 11) is 8.48. The first-order chi connectivity index (χ1) is 60.0. The second kappa shape index (κ2) is 38.0. The Bertz CT molecular complexity index is 5680. The lowest BCUT2D eigenvalue weighted by molar-refractivity contribution is -0.140. The molecule has 0 aliphatic carbocycles. The highest BCUT2D eigenvalue weighted by Crippen LogP contribution is 2.47. The molecule has 16 rings (SSSR count). The molecule has 7 amide bonds. The number of hydrogen-bond acceptors (Lipinski definition) is 21. The normalized spacial score (nSPS) is 20.3. The van der Waals surface area contributed by atoms with E-state index in [0.717, 1.165) is 155 Å². The molecule has 6 aliphatic rings. The lowest BCUT2D eigenvalue weighted by Crippen LogP contribution is -2.51. The van der Waals surface area contributed by atoms with Gasteiger partial charge in [-0.2, -0.15) is 0 Å². The van der Waals surface area contributed by atoms with Gasteiger partial charge in [0.05, 0.1) is 112 Å². The highest BCUT2D eigenvalue weighted by atomic mass is 16.6. The van der Waals surface area contributed by atoms with Crippen molar-refractivity contribution in [1.29, 1.82) is 0 Å². The zero-order valence-electron chi connectivity index (χ0n) is 73.6. The third kappa shape index (κ3) is 18.9. The zero-order chi connectivity index (χ0) is 89.1. The average molecular weight is 1720 g/mol. The highest BCUT2D eigenvalue weighted by Gasteiger charge is 2.45. The van der Waals surface area contributed by atoms with Crippen LogP contribution in [0.5, 0.6) is 11.5 Å². The maximum absolute atomic E-state index is 14.1. The van der Waals surface area contributed by atoms with Gasteiger partial charge in [0.1, 0.15) is 72.2 Å². The molecule has 664 valence electrons. The lowest BCUT2D eigenvalue weighted by Gasteiger charge is -2.30. The molecule has 4 saturated heterocycles. The van der Waals surface area contributed by atoms with Gasteiger partial charge in [0.2, 0.25) is 17.7 Å². The summed E-state index contributed by atoms with van der Waals surface area (Å²) in [4.78, 5) is 138. The predicted molar refractivity (Wildman–Crippen MR) is 468 cm³/mol. The molecule has 6 aromatic carbocycles. The predicted octanol–water partition coefficient (Wildman–Crippen LogP) is 13.6. The summed E-state index contributed by atoms with van der Waals surface area (Å²) in [6.07, 6.45) is 4.20. The van der Waals surface area contributed by atoms with Crippen molar-refractivity contribution in [3.63, 3.8) is 0 Å². The molecule has 6 aliphatic heterocycles. The maximum Gasteiger partial charge on any atom is 0.407 e. The van der Waals surface area contributed by atoms with E-state index in [1.807, 2.05) is 74.7 Å². The number of aliphatic carboxylic acids is 1. The van der Waals surface area contributed by atoms with E-state index in [9.17, 15) is 38.4 Å². The highest BCUT2D eigenvalue weighted by molar-refractivity contribution is 6.08. The van der Waals surface area contributed by atoms with Gasteiger partial charge in [-0.1, -0.05) is 106 Å². The second-order valence-corrected chi connectivity index (χ2v) is 35.0. The number of hydrogen-bond donors (Lipinski definition) is 10. The Balaban J connectivity index is 0.000000182. The molecular weight excluding hydrogens is 1600 g/mol. The van der Waals surface area contributed by atoms with E-state index in [1.165, 1.54) is 28.4 Å². The van der Waals surface area contributed by atoms with Gasteiger partial charge >= 0.3 is 30.3 Å². The monoisotopic (exact) mass is 1710 g/mol. The Morgan fingerprint density at radius 1 is 0.456 bits per heavy atom. The number of imidazole rings is 4. The number of aromatic amines is 4. The van der Waals surface area contributed by atoms with Crippen LogP contribution >= 0.6 is 0 Å². The molecule has 0 unspecified atom stereocenters. The standard InChI is InChI=1S/C46H56N8O8.C39H45N7O5.C7H13NO4/c1-23(2)38(51-45(57)60-7)43(55)53-19-25(5)13-35(53)41-47-18-34(49-41)28-9-11-30-29(15-28)22-62-37-17-31-27(16-32(30)37)10-12-33-40(31)50-42(48-33)36-14-26(21-59-6)20-54(36)44(56)39(24(3)4)52-46(58)61-8;1-20(2)34(45-39(48)50-5)38(47)46-17-21(3)10-32(46)37-41-16-31(43-37)24-6-8-26-25(12-24)19-51-33-14-27-23(13-28(26)33)7-9-29-35(27)44-36(42-29)30-11-22(15-40-30)18-49-4;1-4(2)5(6(9)10)8-7(11)12-3/h9-12,15-18,23-26,35-36,38-39H,13-14,19-22H2,1-8H3,(H,47,49)(H,48,50)(H,51,57)(H,52,58);6-9,12-14,16,20-22,30,32,34,40H,10-11,15,17-19H2,1-5H3,(H,41,43)(H,42,44)(H,45,48);4-5H,1-3H3,(H,8,11)(H,9,10)/t25-,26-,35-,36-,38-,39-;21-,22-,30-,32-,34-;5-/m000/s1. The topological polar surface area (TPSA) is 415 Å². The van der Waals surface area contributed by atoms with Crippen molar-refractivity contribution in [3.05, 3.63) is 132 Å². The molecule has 0 spiro atoms. The van der Waals surface area contributed by atoms with Gasteiger partial charge < -0.3 is 104 Å². The Hall–Kier alpha value is -12.4. The Morgan fingerprint density at radius 2 is 0.856 bits per heavy atom. The van der Waals surface area contributed by atoms with E-state index in [0.29, 0.717) is 69.4 Å². The first kappa shape index (κ1) is 88.9. The van der Waals surface area contributed by atoms with Crippen molar-refractivity contribution in [2.24, 2.45) is 47.3 Å². The van der Waals surface area contributed by atoms with Crippen LogP contribution in [0, 0.1) is 47.3 Å². The van der Waals surface area contributed by atoms with Gasteiger partial charge in [0, 0.05) is 68.2 Å². The molecule has 12 atom stereocenters. The number of carboxylic acid groups (broad SMARTS) is 1. The fourth-order valence-electron chi connectivity index (χ4n) is 18.2. The molecule has 0 saturated carbocycles. The van der Waals surface area contributed by atoms with Crippen LogP contribution in [0.1, 0.15) is 154 Å². The number of alkyl carbamates (subject to hydrolysis) is 4. The minimum atomic E-state index is -1.06. The van der Waals surface area contributed by atoms with E-state index in [2.05, 4.69) is 144 Å². The van der Waals surface area contributed by atoms with Crippen LogP contribution in [-0.4, -0.2) is 214 Å². The number of nitrogens with one attached hydrogen (secondary N) is 9. The molecule has 125 heavy (non-hydrogen) atoms. The van der Waals surface area contributed by atoms with E-state index in [4.69, 9.17) is 58.2 Å². The Labute approximate surface area is 724 Å². The number of likely N-dealkylation sites (tertiary alicyclic amines) is 3. The van der Waals surface area contributed by atoms with Crippen molar-refractivity contribution in [1.82, 2.24) is 81.2 Å². The molecule has 4 aromatic heterocycles. The van der Waals surface area contributed by atoms with Crippen LogP contribution in [0.15, 0.2) is 97.3 Å². The second-order valence-electron chi connectivity index (χ2n) is 35.0. The van der Waals surface area contributed by atoms with Gasteiger partial charge in [-0.25, -0.2) is 43.9 Å². The van der Waals surface area contributed by atoms with Crippen LogP contribution in [0.4, 0.5) is 19.2 Å². The summed E-state index contributed by atoms with van der Waals surface area (Å²) in [5.74, 6) is 3.72. The third-order valence-electron chi connectivity index (χ3n) is 24.7. The van der Waals surface area contributed by atoms with E-state index < -0.39 is 54.5 Å². The number of amides is 7. The number of carboxylic acids is 1. The zero-order valence-corrected chi connectivity index (χ0v) is 73.6. The summed E-state index contributed by atoms with van der Waals surface area (Å²) < 4.78 is 42.4. The number of ether oxygens (including phenoxy) is 8. The number of rotatable bonds is 22. The number of nitrogens with zero attached hydrogens (tertiary/aromatic N) is 7. The molecular formula is C92H114N16O17. The van der Waals surface area contributed by atoms with Crippen molar-refractivity contribution in [2.45, 2.75) is 156 Å². The van der Waals surface area contributed by atoms with E-state index in [1.54, 1.807) is 28.1 Å². The van der Waals surface area contributed by atoms with E-state index in [-0.39, 0.29) is 77.4 Å². The van der Waals surface area contributed by atoms with Crippen LogP contribution in [0.2, 0.25) is 0 Å². The van der Waals surface area contributed by atoms with Gasteiger partial charge in [-0.15, -0.1) is 0 Å². The minimum absolute atomic E-state index is 0.0964. The van der Waals surface area contributed by atoms with Crippen molar-refractivity contribution < 1.29 is 81.4 Å². The van der Waals surface area contributed by atoms with Crippen LogP contribution in [0.3, 0.4) is 0 Å². The first-order valence-corrected chi connectivity index (χ1v) is 42.8. The van der Waals surface area contributed by atoms with Crippen molar-refractivity contribution in [2.75, 3.05) is 82.1 Å². The molecule has 10 heterocycles. The number of carbonyl (C=O) groups is 8. The molecule has 4 fully saturated rings. The van der Waals surface area contributed by atoms with Gasteiger partial charge in [-0.3, -0.25) is 14.4 Å². The number of H-pyrrole nitrogens is 4. The molecule has 0 bridgehead atoms. The summed E-state index contributed by atoms with van der Waals surface area (Å²) in [5.41, 5.74) is 13.6. The largest absolute Gasteiger partial charge is 0.488 e. The number of fused-ring (bicyclic) bond motifs is 12. The fourth-order valence-corrected chi connectivity index (χ4v) is 18.2. The van der Waals surface area contributed by atoms with Crippen molar-refractivity contribution >= 4 is 91.7 Å². The quantitative estimate of drug-likeness (QED) is 0.0282. The summed E-state index contributed by atoms with van der Waals surface area (Å²) in [5, 5.41) is 26.7. The summed E-state index contributed by atoms with van der Waals surface area (Å²) in [6, 6.07) is 25.9. The minimum Gasteiger partial charge on any atom is -0.488 e. The molecule has 33 heteroatoms. The Morgan fingerprint density at radius 3 is 1.27 bits per heavy atom. The van der Waals surface area contributed by atoms with E-state index >= 15 is 0 Å². The smallest absolute Gasteiger partial charge is 0.407 e. The number of benzene rings is 6. The number of aromatic nitrogens is 8. The SMILES string of the molecule is COC(=O)N[C@H](C(=O)O)C(C)C.COC[C@@H]1CN[C@H](c2nc3c(ccc4cc5c(cc43)OCc3cc(-c4cnc([C@@H]6C[C@H](C)CN6C(=O)[C@@H](NC(=O)OC)C(C)C)[nH]4)ccc3-5)[nH]2)C1.COC[C@H]1C[C@@H](c2nc3c(ccc4cc5c(cc43)OCc3cc(-c4cnc([C@@H]6C[C@H](C)CN6C(=O)[C@@H](NC(=O)OC)C(C)C)[nH]4)ccc3-5)[nH]2)N(C(=O)[C@@H](NC(=O)OC)C(C)C)C1. The third-order valence-corrected chi connectivity index (χ3v) is 24.7. The van der Waals surface area contributed by atoms with Gasteiger partial charge in [-0.05, 0) is 160 Å². The number of methoxy groups -OCH3 is 6. The number of carbonyl (C=O) groups excluding carboxylic acids is 7. The van der Waals surface area contributed by atoms with Crippen LogP contribution in [0.25, 0.3) is 88.4 Å². The average Bonchev–Trinajstić information content (AvgIpc) is 1.67. The van der Waals surface area contributed by atoms with Gasteiger partial charge in [0.25, 0.3) is 0 Å². The molecule has 33 nitrogen and oxygen atoms in total. The Kier molecular flexibility index (Phi) is 27.0. The fraction of sp³-hybridized carbons (Fsp3) is 0.478. The summed E-state index contributed by atoms with van der Waals surface area (Å²) >= 11 is 0. The molecule has 0 radical (unpaired) electrons. The van der Waals surface area contributed by atoms with Gasteiger partial charge in [0.15, 0.2) is 0 Å². The first-order valence-electron chi connectivity index (χ1n) is 42.8. The maximum atomic E-state index is 14.1. The molecule has 10 N–H and O–H groups in total. The summed E-state index contributed by atoms with van der Waals surface area (Å²) in [6.45, 7) is 23.7. The van der Waals surface area contributed by atoms with Crippen LogP contribution < -0.4 is 36.1 Å². The molecule has 10 aromatic rings. The lowest BCUT2D eigenvalue weighted by atomic mass is 9.92. The van der Waals surface area contributed by atoms with Crippen LogP contribution in [-0.2, 0) is 60.8 Å². The van der Waals surface area contributed by atoms with Crippen molar-refractivity contribution in [3.8, 4) is 56.3 Å².